The van der Waals surface area contributed by atoms with Crippen LogP contribution in [-0.2, 0) is 15.7 Å². The molecule has 1 aliphatic heterocycles. The van der Waals surface area contributed by atoms with Crippen LogP contribution < -0.4 is 4.78 Å². The fraction of sp³-hybridized carbons (Fsp3) is 0.550. The zero-order valence-corrected chi connectivity index (χ0v) is 17.4. The second kappa shape index (κ2) is 7.47. The van der Waals surface area contributed by atoms with E-state index in [0.717, 1.165) is 4.78 Å². The first-order valence-corrected chi connectivity index (χ1v) is 10.9. The van der Waals surface area contributed by atoms with E-state index < -0.39 is 11.2 Å². The predicted octanol–water partition coefficient (Wildman–Crippen LogP) is 5.71. The lowest BCUT2D eigenvalue weighted by atomic mass is 9.88. The van der Waals surface area contributed by atoms with E-state index in [1.807, 2.05) is 32.1 Å². The smallest absolute Gasteiger partial charge is 0.394 e. The van der Waals surface area contributed by atoms with Gasteiger partial charge in [0.1, 0.15) is 5.60 Å². The van der Waals surface area contributed by atoms with Gasteiger partial charge in [0, 0.05) is 26.3 Å². The summed E-state index contributed by atoms with van der Waals surface area (Å²) in [5.74, 6) is 0. The van der Waals surface area contributed by atoms with Crippen LogP contribution in [0.4, 0.5) is 0 Å². The first kappa shape index (κ1) is 19.0. The summed E-state index contributed by atoms with van der Waals surface area (Å²) in [6.07, 6.45) is 6.47. The van der Waals surface area contributed by atoms with Crippen LogP contribution in [0.2, 0.25) is 0 Å². The van der Waals surface area contributed by atoms with E-state index in [9.17, 15) is 0 Å². The molecule has 2 nitrogen and oxygen atoms in total. The standard InChI is InChI=1S/C20H28BO2S2/c1-6-7-8-9-10-15-11-12-16(24-15)17-13-14-18(25-17)21-22-19(2,3)20(4,5)23-21/h11-14H,2,6-10H2,1,3-5H3/q+1. The van der Waals surface area contributed by atoms with Crippen molar-refractivity contribution in [3.63, 3.8) is 0 Å². The van der Waals surface area contributed by atoms with E-state index in [-0.39, 0.29) is 7.12 Å². The average Bonchev–Trinajstić information content (AvgIpc) is 3.22. The fourth-order valence-electron chi connectivity index (χ4n) is 2.89. The summed E-state index contributed by atoms with van der Waals surface area (Å²) in [4.78, 5) is 4.12. The number of rotatable bonds is 7. The molecule has 1 fully saturated rings. The van der Waals surface area contributed by atoms with E-state index >= 15 is 0 Å². The molecule has 134 valence electrons. The predicted molar refractivity (Wildman–Crippen MR) is 111 cm³/mol. The molecule has 1 aliphatic rings. The summed E-state index contributed by atoms with van der Waals surface area (Å²) in [6.45, 7) is 12.5. The monoisotopic (exact) mass is 375 g/mol. The third kappa shape index (κ3) is 4.16. The van der Waals surface area contributed by atoms with Crippen molar-refractivity contribution in [3.8, 4) is 9.75 Å². The van der Waals surface area contributed by atoms with Gasteiger partial charge in [-0.3, -0.25) is 0 Å². The summed E-state index contributed by atoms with van der Waals surface area (Å²) in [6, 6.07) is 8.85. The average molecular weight is 375 g/mol. The van der Waals surface area contributed by atoms with Gasteiger partial charge in [-0.15, -0.1) is 22.7 Å². The van der Waals surface area contributed by atoms with Gasteiger partial charge < -0.3 is 9.31 Å². The van der Waals surface area contributed by atoms with Crippen LogP contribution in [-0.4, -0.2) is 18.3 Å². The van der Waals surface area contributed by atoms with Crippen LogP contribution in [0.1, 0.15) is 58.3 Å². The minimum Gasteiger partial charge on any atom is -0.394 e. The van der Waals surface area contributed by atoms with Crippen molar-refractivity contribution < 1.29 is 9.31 Å². The molecule has 0 N–H and O–H groups in total. The summed E-state index contributed by atoms with van der Waals surface area (Å²) in [5.41, 5.74) is -0.924. The minimum absolute atomic E-state index is 0.315. The molecule has 0 spiro atoms. The molecule has 2 aromatic heterocycles. The van der Waals surface area contributed by atoms with Crippen molar-refractivity contribution in [1.82, 2.24) is 0 Å². The maximum absolute atomic E-state index is 6.11. The van der Waals surface area contributed by atoms with E-state index in [1.165, 1.54) is 46.7 Å². The second-order valence-corrected chi connectivity index (χ2v) is 9.87. The lowest BCUT2D eigenvalue weighted by Gasteiger charge is -2.25. The molecule has 0 amide bonds. The number of thiophene rings is 2. The Kier molecular flexibility index (Phi) is 5.69. The highest BCUT2D eigenvalue weighted by molar-refractivity contribution is 7.28. The topological polar surface area (TPSA) is 18.5 Å². The molecule has 25 heavy (non-hydrogen) atoms. The maximum Gasteiger partial charge on any atom is 0.508 e. The molecule has 1 atom stereocenters. The van der Waals surface area contributed by atoms with E-state index in [2.05, 4.69) is 38.1 Å². The molecule has 3 heterocycles. The van der Waals surface area contributed by atoms with Crippen molar-refractivity contribution in [1.29, 1.82) is 0 Å². The van der Waals surface area contributed by atoms with E-state index in [4.69, 9.17) is 9.31 Å². The van der Waals surface area contributed by atoms with Crippen molar-refractivity contribution in [3.05, 3.63) is 36.1 Å². The summed E-state index contributed by atoms with van der Waals surface area (Å²) < 4.78 is 13.3. The summed E-state index contributed by atoms with van der Waals surface area (Å²) in [7, 11) is -0.315. The molecule has 3 rings (SSSR count). The van der Waals surface area contributed by atoms with Crippen LogP contribution in [0.5, 0.6) is 0 Å². The Morgan fingerprint density at radius 1 is 0.960 bits per heavy atom. The third-order valence-electron chi connectivity index (χ3n) is 5.08. The van der Waals surface area contributed by atoms with Gasteiger partial charge in [-0.2, -0.15) is 0 Å². The quantitative estimate of drug-likeness (QED) is 0.350. The Hall–Kier alpha value is -0.745. The Balaban J connectivity index is 1.65. The van der Waals surface area contributed by atoms with Crippen LogP contribution in [0.3, 0.4) is 0 Å². The third-order valence-corrected chi connectivity index (χ3v) is 7.53. The molecule has 0 saturated carbocycles. The van der Waals surface area contributed by atoms with Gasteiger partial charge in [-0.1, -0.05) is 32.3 Å². The summed E-state index contributed by atoms with van der Waals surface area (Å²) in [5, 5.41) is 0. The summed E-state index contributed by atoms with van der Waals surface area (Å²) >= 11 is 3.68. The normalized spacial score (nSPS) is 22.6. The van der Waals surface area contributed by atoms with Crippen molar-refractivity contribution in [2.24, 2.45) is 0 Å². The van der Waals surface area contributed by atoms with Gasteiger partial charge >= 0.3 is 7.12 Å². The molecule has 0 radical (unpaired) electrons. The molecule has 2 aromatic rings. The van der Waals surface area contributed by atoms with Crippen LogP contribution >= 0.6 is 22.7 Å². The Morgan fingerprint density at radius 3 is 2.36 bits per heavy atom. The molecule has 0 aliphatic carbocycles. The molecule has 5 heteroatoms. The first-order valence-electron chi connectivity index (χ1n) is 9.22. The number of aryl methyl sites for hydroxylation is 1. The van der Waals surface area contributed by atoms with Crippen LogP contribution in [0.25, 0.3) is 9.75 Å². The first-order chi connectivity index (χ1) is 11.8. The second-order valence-electron chi connectivity index (χ2n) is 7.59. The Bertz CT molecular complexity index is 686. The highest BCUT2D eigenvalue weighted by atomic mass is 32.1. The largest absolute Gasteiger partial charge is 0.508 e. The SMILES string of the molecule is [CH2+]C1(C)OB(c2ccc(-c3ccc(CCCCCC)s3)s2)OC1(C)C. The van der Waals surface area contributed by atoms with Crippen molar-refractivity contribution in [2.45, 2.75) is 71.0 Å². The van der Waals surface area contributed by atoms with Crippen molar-refractivity contribution in [2.75, 3.05) is 0 Å². The fourth-order valence-corrected chi connectivity index (χ4v) is 5.00. The van der Waals surface area contributed by atoms with Gasteiger partial charge in [0.25, 0.3) is 0 Å². The molecular weight excluding hydrogens is 347 g/mol. The van der Waals surface area contributed by atoms with Crippen LogP contribution in [0.15, 0.2) is 24.3 Å². The molecule has 0 aromatic carbocycles. The zero-order valence-electron chi connectivity index (χ0n) is 15.8. The van der Waals surface area contributed by atoms with Gasteiger partial charge in [-0.25, -0.2) is 0 Å². The molecule has 1 unspecified atom stereocenters. The highest BCUT2D eigenvalue weighted by Gasteiger charge is 2.57. The molecule has 1 saturated heterocycles. The number of hydrogen-bond donors (Lipinski definition) is 0. The lowest BCUT2D eigenvalue weighted by Crippen LogP contribution is -2.42. The highest BCUT2D eigenvalue weighted by Crippen LogP contribution is 2.38. The number of hydrogen-bond acceptors (Lipinski definition) is 4. The lowest BCUT2D eigenvalue weighted by molar-refractivity contribution is 0.0262. The van der Waals surface area contributed by atoms with Gasteiger partial charge in [0.05, 0.1) is 6.92 Å². The number of unbranched alkanes of at least 4 members (excludes halogenated alkanes) is 3. The van der Waals surface area contributed by atoms with E-state index in [0.29, 0.717) is 0 Å². The minimum atomic E-state index is -0.531. The van der Waals surface area contributed by atoms with Gasteiger partial charge in [-0.05, 0) is 44.9 Å². The Labute approximate surface area is 160 Å². The van der Waals surface area contributed by atoms with Gasteiger partial charge in [0.15, 0.2) is 0 Å². The molecular formula is C20H28BO2S2+. The van der Waals surface area contributed by atoms with Crippen LogP contribution in [0, 0.1) is 6.92 Å². The Morgan fingerprint density at radius 2 is 1.68 bits per heavy atom. The maximum atomic E-state index is 6.11. The molecule has 0 bridgehead atoms. The van der Waals surface area contributed by atoms with Crippen molar-refractivity contribution >= 4 is 34.6 Å². The van der Waals surface area contributed by atoms with E-state index in [1.54, 1.807) is 11.3 Å². The van der Waals surface area contributed by atoms with Gasteiger partial charge in [0.2, 0.25) is 5.60 Å². The zero-order chi connectivity index (χ0) is 18.1.